The zero-order valence-electron chi connectivity index (χ0n) is 12.4. The summed E-state index contributed by atoms with van der Waals surface area (Å²) in [6.45, 7) is -0.00276. The molecule has 124 valence electrons. The summed E-state index contributed by atoms with van der Waals surface area (Å²) in [5, 5.41) is 3.19. The number of fused-ring (bicyclic) bond motifs is 1. The number of carbonyl (C=O) groups excluding carboxylic acids is 2. The molecule has 0 aliphatic carbocycles. The highest BCUT2D eigenvalue weighted by molar-refractivity contribution is 6.31. The van der Waals surface area contributed by atoms with Crippen LogP contribution in [0.4, 0.5) is 10.1 Å². The maximum absolute atomic E-state index is 12.8. The van der Waals surface area contributed by atoms with Crippen LogP contribution < -0.4 is 10.1 Å². The molecule has 3 rings (SSSR count). The Balaban J connectivity index is 1.55. The van der Waals surface area contributed by atoms with Gasteiger partial charge >= 0.3 is 5.97 Å². The first kappa shape index (κ1) is 16.3. The molecule has 2 aromatic carbocycles. The van der Waals surface area contributed by atoms with Gasteiger partial charge in [-0.2, -0.15) is 0 Å². The number of benzene rings is 2. The van der Waals surface area contributed by atoms with Crippen molar-refractivity contribution in [3.8, 4) is 5.75 Å². The second-order valence-corrected chi connectivity index (χ2v) is 5.60. The Morgan fingerprint density at radius 3 is 2.75 bits per heavy atom. The second kappa shape index (κ2) is 6.88. The first-order valence-electron chi connectivity index (χ1n) is 7.23. The van der Waals surface area contributed by atoms with Gasteiger partial charge in [0.25, 0.3) is 5.91 Å². The van der Waals surface area contributed by atoms with Crippen molar-refractivity contribution < 1.29 is 23.5 Å². The number of rotatable bonds is 4. The number of ether oxygens (including phenoxy) is 2. The van der Waals surface area contributed by atoms with Crippen molar-refractivity contribution in [1.29, 1.82) is 0 Å². The minimum absolute atomic E-state index is 0.00276. The van der Waals surface area contributed by atoms with Gasteiger partial charge in [-0.15, -0.1) is 0 Å². The number of nitrogens with one attached hydrogen (secondary N) is 1. The molecule has 2 aromatic rings. The van der Waals surface area contributed by atoms with Gasteiger partial charge in [-0.3, -0.25) is 4.79 Å². The monoisotopic (exact) mass is 349 g/mol. The van der Waals surface area contributed by atoms with Crippen LogP contribution in [0, 0.1) is 5.82 Å². The van der Waals surface area contributed by atoms with E-state index in [0.717, 1.165) is 0 Å². The maximum atomic E-state index is 12.8. The number of hydrogen-bond acceptors (Lipinski definition) is 4. The van der Waals surface area contributed by atoms with Crippen LogP contribution in [-0.4, -0.2) is 24.6 Å². The van der Waals surface area contributed by atoms with E-state index in [0.29, 0.717) is 16.5 Å². The highest BCUT2D eigenvalue weighted by Gasteiger charge is 2.27. The fourth-order valence-corrected chi connectivity index (χ4v) is 2.41. The second-order valence-electron chi connectivity index (χ2n) is 5.17. The van der Waals surface area contributed by atoms with Crippen LogP contribution in [0.1, 0.15) is 16.8 Å². The van der Waals surface area contributed by atoms with Crippen molar-refractivity contribution in [3.05, 3.63) is 58.9 Å². The molecule has 24 heavy (non-hydrogen) atoms. The Labute approximate surface area is 142 Å². The molecule has 0 aromatic heterocycles. The zero-order valence-corrected chi connectivity index (χ0v) is 13.2. The fourth-order valence-electron chi connectivity index (χ4n) is 2.24. The predicted molar refractivity (Wildman–Crippen MR) is 85.8 cm³/mol. The van der Waals surface area contributed by atoms with Gasteiger partial charge in [-0.1, -0.05) is 11.6 Å². The van der Waals surface area contributed by atoms with E-state index in [1.807, 2.05) is 0 Å². The summed E-state index contributed by atoms with van der Waals surface area (Å²) in [4.78, 5) is 23.8. The molecule has 1 N–H and O–H groups in total. The SMILES string of the molecule is O=C(OCC[C@H]1Oc2ccc(Cl)cc2NC1=O)c1ccc(F)cc1. The van der Waals surface area contributed by atoms with Crippen LogP contribution >= 0.6 is 11.6 Å². The molecule has 0 saturated heterocycles. The van der Waals surface area contributed by atoms with E-state index < -0.39 is 17.9 Å². The van der Waals surface area contributed by atoms with Crippen LogP contribution in [0.5, 0.6) is 5.75 Å². The Kier molecular flexibility index (Phi) is 4.66. The molecule has 0 bridgehead atoms. The van der Waals surface area contributed by atoms with Gasteiger partial charge in [0.2, 0.25) is 0 Å². The number of halogens is 2. The summed E-state index contributed by atoms with van der Waals surface area (Å²) in [5.41, 5.74) is 0.748. The lowest BCUT2D eigenvalue weighted by Crippen LogP contribution is -2.37. The highest BCUT2D eigenvalue weighted by atomic mass is 35.5. The molecule has 0 saturated carbocycles. The number of esters is 1. The molecule has 0 spiro atoms. The van der Waals surface area contributed by atoms with E-state index in [-0.39, 0.29) is 24.5 Å². The van der Waals surface area contributed by atoms with Crippen LogP contribution in [-0.2, 0) is 9.53 Å². The summed E-state index contributed by atoms with van der Waals surface area (Å²) in [6.07, 6.45) is -0.569. The average Bonchev–Trinajstić information content (AvgIpc) is 2.56. The summed E-state index contributed by atoms with van der Waals surface area (Å²) >= 11 is 5.86. The maximum Gasteiger partial charge on any atom is 0.338 e. The molecule has 0 unspecified atom stereocenters. The van der Waals surface area contributed by atoms with Crippen molar-refractivity contribution in [2.24, 2.45) is 0 Å². The number of anilines is 1. The van der Waals surface area contributed by atoms with Crippen LogP contribution in [0.3, 0.4) is 0 Å². The third-order valence-electron chi connectivity index (χ3n) is 3.45. The third-order valence-corrected chi connectivity index (χ3v) is 3.69. The minimum Gasteiger partial charge on any atom is -0.478 e. The number of amides is 1. The lowest BCUT2D eigenvalue weighted by Gasteiger charge is -2.25. The van der Waals surface area contributed by atoms with E-state index in [4.69, 9.17) is 21.1 Å². The summed E-state index contributed by atoms with van der Waals surface area (Å²) < 4.78 is 23.5. The molecule has 1 aliphatic heterocycles. The standard InChI is InChI=1S/C17H13ClFNO4/c18-11-3-6-14-13(9-11)20-16(21)15(24-14)7-8-23-17(22)10-1-4-12(19)5-2-10/h1-6,9,15H,7-8H2,(H,20,21)/t15-/m1/s1. The first-order chi connectivity index (χ1) is 11.5. The van der Waals surface area contributed by atoms with Gasteiger partial charge in [0.15, 0.2) is 6.10 Å². The van der Waals surface area contributed by atoms with Gasteiger partial charge in [-0.05, 0) is 42.5 Å². The van der Waals surface area contributed by atoms with Gasteiger partial charge in [0.05, 0.1) is 17.9 Å². The molecule has 0 radical (unpaired) electrons. The van der Waals surface area contributed by atoms with Crippen molar-refractivity contribution in [2.45, 2.75) is 12.5 Å². The Hall–Kier alpha value is -2.60. The molecule has 7 heteroatoms. The van der Waals surface area contributed by atoms with Gasteiger partial charge in [0, 0.05) is 11.4 Å². The van der Waals surface area contributed by atoms with E-state index in [2.05, 4.69) is 5.32 Å². The van der Waals surface area contributed by atoms with E-state index in [9.17, 15) is 14.0 Å². The van der Waals surface area contributed by atoms with E-state index >= 15 is 0 Å². The number of carbonyl (C=O) groups is 2. The van der Waals surface area contributed by atoms with Crippen LogP contribution in [0.2, 0.25) is 5.02 Å². The van der Waals surface area contributed by atoms with E-state index in [1.54, 1.807) is 18.2 Å². The molecule has 0 fully saturated rings. The Bertz CT molecular complexity index is 779. The highest BCUT2D eigenvalue weighted by Crippen LogP contribution is 2.32. The van der Waals surface area contributed by atoms with Crippen molar-refractivity contribution in [2.75, 3.05) is 11.9 Å². The Morgan fingerprint density at radius 2 is 2.00 bits per heavy atom. The third kappa shape index (κ3) is 3.65. The summed E-state index contributed by atoms with van der Waals surface area (Å²) in [7, 11) is 0. The van der Waals surface area contributed by atoms with Gasteiger partial charge in [0.1, 0.15) is 11.6 Å². The molecular weight excluding hydrogens is 337 g/mol. The lowest BCUT2D eigenvalue weighted by molar-refractivity contribution is -0.124. The molecular formula is C17H13ClFNO4. The van der Waals surface area contributed by atoms with Gasteiger partial charge in [-0.25, -0.2) is 9.18 Å². The quantitative estimate of drug-likeness (QED) is 0.859. The minimum atomic E-state index is -0.764. The molecule has 5 nitrogen and oxygen atoms in total. The molecule has 1 heterocycles. The topological polar surface area (TPSA) is 64.6 Å². The van der Waals surface area contributed by atoms with E-state index in [1.165, 1.54) is 24.3 Å². The fraction of sp³-hybridized carbons (Fsp3) is 0.176. The van der Waals surface area contributed by atoms with Crippen molar-refractivity contribution in [1.82, 2.24) is 0 Å². The summed E-state index contributed by atoms with van der Waals surface area (Å²) in [6, 6.07) is 9.94. The molecule has 1 atom stereocenters. The molecule has 1 aliphatic rings. The summed E-state index contributed by atoms with van der Waals surface area (Å²) in [5.74, 6) is -0.840. The van der Waals surface area contributed by atoms with Gasteiger partial charge < -0.3 is 14.8 Å². The lowest BCUT2D eigenvalue weighted by atomic mass is 10.1. The van der Waals surface area contributed by atoms with Crippen molar-refractivity contribution >= 4 is 29.2 Å². The van der Waals surface area contributed by atoms with Crippen LogP contribution in [0.25, 0.3) is 0 Å². The smallest absolute Gasteiger partial charge is 0.338 e. The number of hydrogen-bond donors (Lipinski definition) is 1. The average molecular weight is 350 g/mol. The van der Waals surface area contributed by atoms with Crippen molar-refractivity contribution in [3.63, 3.8) is 0 Å². The first-order valence-corrected chi connectivity index (χ1v) is 7.60. The Morgan fingerprint density at radius 1 is 1.25 bits per heavy atom. The largest absolute Gasteiger partial charge is 0.478 e. The normalized spacial score (nSPS) is 15.9. The zero-order chi connectivity index (χ0) is 17.1. The van der Waals surface area contributed by atoms with Crippen LogP contribution in [0.15, 0.2) is 42.5 Å². The predicted octanol–water partition coefficient (Wildman–Crippen LogP) is 3.43. The molecule has 1 amide bonds.